The van der Waals surface area contributed by atoms with E-state index < -0.39 is 30.7 Å². The average molecular weight is 193 g/mol. The maximum absolute atomic E-state index is 9.36. The second-order valence-electron chi connectivity index (χ2n) is 3.11. The number of aliphatic hydroxyl groups is 4. The van der Waals surface area contributed by atoms with Gasteiger partial charge < -0.3 is 30.9 Å². The number of ether oxygens (including phenoxy) is 1. The number of nitrogens with two attached hydrogens (primary N) is 1. The van der Waals surface area contributed by atoms with E-state index in [1.807, 2.05) is 0 Å². The third-order valence-corrected chi connectivity index (χ3v) is 2.14. The molecular formula is C7H15NO5. The maximum atomic E-state index is 9.36. The molecule has 6 nitrogen and oxygen atoms in total. The van der Waals surface area contributed by atoms with Crippen molar-refractivity contribution < 1.29 is 25.2 Å². The van der Waals surface area contributed by atoms with Gasteiger partial charge in [-0.1, -0.05) is 0 Å². The van der Waals surface area contributed by atoms with E-state index in [0.717, 1.165) is 0 Å². The Bertz CT molecular complexity index is 167. The van der Waals surface area contributed by atoms with Gasteiger partial charge in [-0.2, -0.15) is 0 Å². The predicted molar refractivity (Wildman–Crippen MR) is 42.6 cm³/mol. The standard InChI is InChI=1S/C7H15NO5/c8-2-1-3-4(9)5(10)6(11)7(12)13-3/h3-7,9-12H,1-2,8H2/t3-,4-,5+,6-,7+/m1/s1. The zero-order valence-electron chi connectivity index (χ0n) is 7.08. The van der Waals surface area contributed by atoms with Crippen molar-refractivity contribution >= 4 is 0 Å². The van der Waals surface area contributed by atoms with Gasteiger partial charge in [-0.15, -0.1) is 0 Å². The molecule has 0 aromatic heterocycles. The van der Waals surface area contributed by atoms with Crippen molar-refractivity contribution in [2.75, 3.05) is 6.54 Å². The van der Waals surface area contributed by atoms with Crippen LogP contribution >= 0.6 is 0 Å². The van der Waals surface area contributed by atoms with Crippen LogP contribution in [0.2, 0.25) is 0 Å². The van der Waals surface area contributed by atoms with Crippen LogP contribution < -0.4 is 5.73 Å². The molecule has 1 fully saturated rings. The van der Waals surface area contributed by atoms with Gasteiger partial charge in [-0.25, -0.2) is 0 Å². The van der Waals surface area contributed by atoms with Gasteiger partial charge in [0.25, 0.3) is 0 Å². The van der Waals surface area contributed by atoms with Crippen LogP contribution in [-0.2, 0) is 4.74 Å². The van der Waals surface area contributed by atoms with E-state index in [2.05, 4.69) is 0 Å². The van der Waals surface area contributed by atoms with Crippen molar-refractivity contribution in [3.05, 3.63) is 0 Å². The fourth-order valence-electron chi connectivity index (χ4n) is 1.33. The smallest absolute Gasteiger partial charge is 0.183 e. The Balaban J connectivity index is 2.59. The van der Waals surface area contributed by atoms with Gasteiger partial charge in [0.1, 0.15) is 18.3 Å². The predicted octanol–water partition coefficient (Wildman–Crippen LogP) is -2.86. The van der Waals surface area contributed by atoms with Gasteiger partial charge in [0.2, 0.25) is 0 Å². The van der Waals surface area contributed by atoms with Crippen molar-refractivity contribution in [1.82, 2.24) is 0 Å². The third-order valence-electron chi connectivity index (χ3n) is 2.14. The molecule has 1 aliphatic heterocycles. The van der Waals surface area contributed by atoms with Gasteiger partial charge in [0, 0.05) is 0 Å². The lowest BCUT2D eigenvalue weighted by atomic mass is 9.97. The van der Waals surface area contributed by atoms with E-state index in [9.17, 15) is 10.2 Å². The summed E-state index contributed by atoms with van der Waals surface area (Å²) in [7, 11) is 0. The normalized spacial score (nSPS) is 46.4. The molecule has 0 amide bonds. The van der Waals surface area contributed by atoms with E-state index in [1.54, 1.807) is 0 Å². The Morgan fingerprint density at radius 1 is 1.00 bits per heavy atom. The Hall–Kier alpha value is -0.240. The van der Waals surface area contributed by atoms with E-state index in [-0.39, 0.29) is 6.54 Å². The Morgan fingerprint density at radius 3 is 2.15 bits per heavy atom. The van der Waals surface area contributed by atoms with Gasteiger partial charge in [0.05, 0.1) is 6.10 Å². The first-order valence-corrected chi connectivity index (χ1v) is 4.15. The van der Waals surface area contributed by atoms with E-state index in [0.29, 0.717) is 6.42 Å². The lowest BCUT2D eigenvalue weighted by Gasteiger charge is -2.38. The lowest BCUT2D eigenvalue weighted by molar-refractivity contribution is -0.282. The summed E-state index contributed by atoms with van der Waals surface area (Å²) >= 11 is 0. The molecule has 0 aromatic carbocycles. The highest BCUT2D eigenvalue weighted by atomic mass is 16.6. The molecule has 0 unspecified atom stereocenters. The highest BCUT2D eigenvalue weighted by Crippen LogP contribution is 2.21. The van der Waals surface area contributed by atoms with Gasteiger partial charge in [-0.3, -0.25) is 0 Å². The summed E-state index contributed by atoms with van der Waals surface area (Å²) in [4.78, 5) is 0. The SMILES string of the molecule is NCC[C@H]1O[C@H](O)[C@H](O)[C@@H](O)[C@@H]1O. The topological polar surface area (TPSA) is 116 Å². The minimum absolute atomic E-state index is 0.275. The molecule has 0 bridgehead atoms. The number of hydrogen-bond acceptors (Lipinski definition) is 6. The molecule has 0 saturated carbocycles. The molecule has 1 rings (SSSR count). The molecule has 13 heavy (non-hydrogen) atoms. The largest absolute Gasteiger partial charge is 0.388 e. The third kappa shape index (κ3) is 2.16. The summed E-state index contributed by atoms with van der Waals surface area (Å²) in [6.07, 6.45) is -5.93. The quantitative estimate of drug-likeness (QED) is 0.322. The zero-order chi connectivity index (χ0) is 10.0. The number of aliphatic hydroxyl groups excluding tert-OH is 4. The molecular weight excluding hydrogens is 178 g/mol. The lowest BCUT2D eigenvalue weighted by Crippen LogP contribution is -2.57. The number of rotatable bonds is 2. The summed E-state index contributed by atoms with van der Waals surface area (Å²) in [6, 6.07) is 0. The summed E-state index contributed by atoms with van der Waals surface area (Å²) < 4.78 is 4.84. The fourth-order valence-corrected chi connectivity index (χ4v) is 1.33. The summed E-state index contributed by atoms with van der Waals surface area (Å²) in [5.41, 5.74) is 5.23. The van der Waals surface area contributed by atoms with Crippen LogP contribution in [0.1, 0.15) is 6.42 Å². The molecule has 78 valence electrons. The molecule has 6 N–H and O–H groups in total. The molecule has 5 atom stereocenters. The van der Waals surface area contributed by atoms with Crippen LogP contribution in [0.3, 0.4) is 0 Å². The van der Waals surface area contributed by atoms with Gasteiger partial charge in [0.15, 0.2) is 6.29 Å². The minimum Gasteiger partial charge on any atom is -0.388 e. The van der Waals surface area contributed by atoms with E-state index in [1.165, 1.54) is 0 Å². The van der Waals surface area contributed by atoms with Crippen LogP contribution in [0.4, 0.5) is 0 Å². The second-order valence-corrected chi connectivity index (χ2v) is 3.11. The van der Waals surface area contributed by atoms with Crippen LogP contribution in [0.15, 0.2) is 0 Å². The number of hydrogen-bond donors (Lipinski definition) is 5. The molecule has 0 aliphatic carbocycles. The molecule has 6 heteroatoms. The highest BCUT2D eigenvalue weighted by Gasteiger charge is 2.42. The van der Waals surface area contributed by atoms with E-state index in [4.69, 9.17) is 20.7 Å². The van der Waals surface area contributed by atoms with Crippen LogP contribution in [0, 0.1) is 0 Å². The maximum Gasteiger partial charge on any atom is 0.183 e. The molecule has 0 spiro atoms. The summed E-state index contributed by atoms with van der Waals surface area (Å²) in [5.74, 6) is 0. The van der Waals surface area contributed by atoms with Crippen LogP contribution in [0.5, 0.6) is 0 Å². The molecule has 1 aliphatic rings. The second kappa shape index (κ2) is 4.32. The van der Waals surface area contributed by atoms with Crippen molar-refractivity contribution in [1.29, 1.82) is 0 Å². The fraction of sp³-hybridized carbons (Fsp3) is 1.00. The monoisotopic (exact) mass is 193 g/mol. The first-order chi connectivity index (χ1) is 6.07. The van der Waals surface area contributed by atoms with Crippen molar-refractivity contribution in [3.63, 3.8) is 0 Å². The van der Waals surface area contributed by atoms with Crippen molar-refractivity contribution in [2.45, 2.75) is 37.1 Å². The summed E-state index contributed by atoms with van der Waals surface area (Å²) in [6.45, 7) is 0.275. The molecule has 1 saturated heterocycles. The van der Waals surface area contributed by atoms with Crippen molar-refractivity contribution in [2.24, 2.45) is 5.73 Å². The average Bonchev–Trinajstić information content (AvgIpc) is 2.11. The first kappa shape index (κ1) is 10.8. The molecule has 1 heterocycles. The molecule has 0 aromatic rings. The van der Waals surface area contributed by atoms with Crippen LogP contribution in [-0.4, -0.2) is 57.7 Å². The van der Waals surface area contributed by atoms with Crippen LogP contribution in [0.25, 0.3) is 0 Å². The first-order valence-electron chi connectivity index (χ1n) is 4.15. The van der Waals surface area contributed by atoms with Crippen molar-refractivity contribution in [3.8, 4) is 0 Å². The van der Waals surface area contributed by atoms with Gasteiger partial charge in [-0.05, 0) is 13.0 Å². The van der Waals surface area contributed by atoms with E-state index >= 15 is 0 Å². The Kier molecular flexibility index (Phi) is 3.60. The van der Waals surface area contributed by atoms with Gasteiger partial charge >= 0.3 is 0 Å². The minimum atomic E-state index is -1.47. The highest BCUT2D eigenvalue weighted by molar-refractivity contribution is 4.88. The summed E-state index contributed by atoms with van der Waals surface area (Å²) in [5, 5.41) is 36.8. The Labute approximate surface area is 75.6 Å². The molecule has 0 radical (unpaired) electrons. The zero-order valence-corrected chi connectivity index (χ0v) is 7.08. The Morgan fingerprint density at radius 2 is 1.62 bits per heavy atom.